The van der Waals surface area contributed by atoms with E-state index in [0.717, 1.165) is 27.9 Å². The molecular weight excluding hydrogens is 310 g/mol. The summed E-state index contributed by atoms with van der Waals surface area (Å²) in [6, 6.07) is 6.14. The molecule has 4 heteroatoms. The molecule has 98 valence electrons. The van der Waals surface area contributed by atoms with Crippen molar-refractivity contribution in [2.24, 2.45) is 0 Å². The second-order valence-electron chi connectivity index (χ2n) is 4.78. The molecule has 2 unspecified atom stereocenters. The monoisotopic (exact) mass is 327 g/mol. The van der Waals surface area contributed by atoms with E-state index in [4.69, 9.17) is 0 Å². The smallest absolute Gasteiger partial charge is 0.254 e. The fourth-order valence-corrected chi connectivity index (χ4v) is 3.59. The predicted molar refractivity (Wildman–Crippen MR) is 81.3 cm³/mol. The van der Waals surface area contributed by atoms with Gasteiger partial charge in [-0.05, 0) is 31.5 Å². The van der Waals surface area contributed by atoms with Crippen molar-refractivity contribution in [1.29, 1.82) is 0 Å². The SMILES string of the molecule is Cc1ccc(C(=O)N2CCSC(C)C2C)cc1Br. The summed E-state index contributed by atoms with van der Waals surface area (Å²) >= 11 is 5.44. The molecule has 0 aliphatic carbocycles. The van der Waals surface area contributed by atoms with Crippen LogP contribution in [-0.4, -0.2) is 34.4 Å². The first-order chi connectivity index (χ1) is 8.50. The number of hydrogen-bond donors (Lipinski definition) is 0. The lowest BCUT2D eigenvalue weighted by Crippen LogP contribution is -2.47. The molecule has 1 fully saturated rings. The Bertz CT molecular complexity index is 463. The predicted octanol–water partition coefficient (Wildman–Crippen LogP) is 3.72. The van der Waals surface area contributed by atoms with Gasteiger partial charge in [0.05, 0.1) is 0 Å². The summed E-state index contributed by atoms with van der Waals surface area (Å²) in [6.45, 7) is 7.21. The van der Waals surface area contributed by atoms with E-state index in [9.17, 15) is 4.79 Å². The minimum atomic E-state index is 0.148. The van der Waals surface area contributed by atoms with Gasteiger partial charge in [-0.25, -0.2) is 0 Å². The number of halogens is 1. The molecule has 18 heavy (non-hydrogen) atoms. The highest BCUT2D eigenvalue weighted by Crippen LogP contribution is 2.26. The lowest BCUT2D eigenvalue weighted by molar-refractivity contribution is 0.0698. The van der Waals surface area contributed by atoms with Gasteiger partial charge in [0, 0.05) is 33.6 Å². The van der Waals surface area contributed by atoms with E-state index in [1.54, 1.807) is 0 Å². The molecule has 1 heterocycles. The Labute approximate surface area is 121 Å². The fraction of sp³-hybridized carbons (Fsp3) is 0.500. The third-order valence-corrected chi connectivity index (χ3v) is 5.76. The molecule has 2 atom stereocenters. The van der Waals surface area contributed by atoms with E-state index >= 15 is 0 Å². The van der Waals surface area contributed by atoms with Gasteiger partial charge in [0.15, 0.2) is 0 Å². The zero-order valence-corrected chi connectivity index (χ0v) is 13.3. The van der Waals surface area contributed by atoms with Crippen LogP contribution in [0.3, 0.4) is 0 Å². The molecule has 0 saturated carbocycles. The number of benzene rings is 1. The zero-order valence-electron chi connectivity index (χ0n) is 10.9. The minimum absolute atomic E-state index is 0.148. The van der Waals surface area contributed by atoms with Gasteiger partial charge in [0.1, 0.15) is 0 Å². The van der Waals surface area contributed by atoms with Gasteiger partial charge in [-0.3, -0.25) is 4.79 Å². The second kappa shape index (κ2) is 5.66. The lowest BCUT2D eigenvalue weighted by Gasteiger charge is -2.37. The number of carbonyl (C=O) groups excluding carboxylic acids is 1. The maximum Gasteiger partial charge on any atom is 0.254 e. The standard InChI is InChI=1S/C14H18BrNOS/c1-9-4-5-12(8-13(9)15)14(17)16-6-7-18-11(3)10(16)2/h4-5,8,10-11H,6-7H2,1-3H3. The number of thioether (sulfide) groups is 1. The van der Waals surface area contributed by atoms with E-state index in [1.165, 1.54) is 0 Å². The first-order valence-corrected chi connectivity index (χ1v) is 8.03. The van der Waals surface area contributed by atoms with Gasteiger partial charge in [-0.2, -0.15) is 11.8 Å². The number of carbonyl (C=O) groups is 1. The van der Waals surface area contributed by atoms with Gasteiger partial charge in [0.2, 0.25) is 0 Å². The zero-order chi connectivity index (χ0) is 13.3. The van der Waals surface area contributed by atoms with Crippen LogP contribution in [0.4, 0.5) is 0 Å². The van der Waals surface area contributed by atoms with Gasteiger partial charge in [-0.1, -0.05) is 28.9 Å². The molecular formula is C14H18BrNOS. The first-order valence-electron chi connectivity index (χ1n) is 6.19. The summed E-state index contributed by atoms with van der Waals surface area (Å²) < 4.78 is 1.00. The molecule has 0 aromatic heterocycles. The largest absolute Gasteiger partial charge is 0.334 e. The van der Waals surface area contributed by atoms with E-state index in [0.29, 0.717) is 11.3 Å². The quantitative estimate of drug-likeness (QED) is 0.783. The third kappa shape index (κ3) is 2.75. The van der Waals surface area contributed by atoms with Crippen molar-refractivity contribution >= 4 is 33.6 Å². The lowest BCUT2D eigenvalue weighted by atomic mass is 10.1. The van der Waals surface area contributed by atoms with Crippen LogP contribution in [0.5, 0.6) is 0 Å². The van der Waals surface area contributed by atoms with Gasteiger partial charge in [0.25, 0.3) is 5.91 Å². The minimum Gasteiger partial charge on any atom is -0.334 e. The molecule has 0 spiro atoms. The molecule has 0 bridgehead atoms. The normalized spacial score (nSPS) is 24.1. The topological polar surface area (TPSA) is 20.3 Å². The molecule has 0 radical (unpaired) electrons. The fourth-order valence-electron chi connectivity index (χ4n) is 2.11. The van der Waals surface area contributed by atoms with Crippen LogP contribution >= 0.6 is 27.7 Å². The van der Waals surface area contributed by atoms with Gasteiger partial charge in [-0.15, -0.1) is 0 Å². The van der Waals surface area contributed by atoms with Crippen LogP contribution in [0, 0.1) is 6.92 Å². The van der Waals surface area contributed by atoms with Crippen molar-refractivity contribution < 1.29 is 4.79 Å². The van der Waals surface area contributed by atoms with Crippen molar-refractivity contribution in [2.45, 2.75) is 32.1 Å². The summed E-state index contributed by atoms with van der Waals surface area (Å²) in [5, 5.41) is 0.511. The molecule has 1 aromatic rings. The molecule has 2 rings (SSSR count). The summed E-state index contributed by atoms with van der Waals surface area (Å²) in [7, 11) is 0. The van der Waals surface area contributed by atoms with Crippen molar-refractivity contribution in [1.82, 2.24) is 4.90 Å². The summed E-state index contributed by atoms with van der Waals surface area (Å²) in [5.74, 6) is 1.18. The van der Waals surface area contributed by atoms with Crippen LogP contribution in [0.1, 0.15) is 29.8 Å². The average molecular weight is 328 g/mol. The Morgan fingerprint density at radius 2 is 2.17 bits per heavy atom. The Kier molecular flexibility index (Phi) is 4.38. The average Bonchev–Trinajstić information content (AvgIpc) is 2.35. The molecule has 1 aliphatic rings. The molecule has 2 nitrogen and oxygen atoms in total. The van der Waals surface area contributed by atoms with Crippen LogP contribution in [0.25, 0.3) is 0 Å². The van der Waals surface area contributed by atoms with Crippen LogP contribution in [-0.2, 0) is 0 Å². The molecule has 0 N–H and O–H groups in total. The Morgan fingerprint density at radius 1 is 1.44 bits per heavy atom. The Hall–Kier alpha value is -0.480. The third-order valence-electron chi connectivity index (χ3n) is 3.56. The summed E-state index contributed by atoms with van der Waals surface area (Å²) in [5.41, 5.74) is 1.93. The van der Waals surface area contributed by atoms with Gasteiger partial charge >= 0.3 is 0 Å². The molecule has 1 amide bonds. The van der Waals surface area contributed by atoms with Crippen molar-refractivity contribution in [3.05, 3.63) is 33.8 Å². The summed E-state index contributed by atoms with van der Waals surface area (Å²) in [4.78, 5) is 14.5. The van der Waals surface area contributed by atoms with E-state index < -0.39 is 0 Å². The number of nitrogens with zero attached hydrogens (tertiary/aromatic N) is 1. The number of aryl methyl sites for hydroxylation is 1. The van der Waals surface area contributed by atoms with Crippen LogP contribution < -0.4 is 0 Å². The number of rotatable bonds is 1. The van der Waals surface area contributed by atoms with Crippen LogP contribution in [0.15, 0.2) is 22.7 Å². The molecule has 1 saturated heterocycles. The van der Waals surface area contributed by atoms with Gasteiger partial charge < -0.3 is 4.90 Å². The Balaban J connectivity index is 2.22. The highest BCUT2D eigenvalue weighted by atomic mass is 79.9. The number of hydrogen-bond acceptors (Lipinski definition) is 2. The van der Waals surface area contributed by atoms with E-state index in [-0.39, 0.29) is 5.91 Å². The highest BCUT2D eigenvalue weighted by molar-refractivity contribution is 9.10. The molecule has 1 aliphatic heterocycles. The first kappa shape index (κ1) is 13.9. The van der Waals surface area contributed by atoms with Crippen molar-refractivity contribution in [3.63, 3.8) is 0 Å². The van der Waals surface area contributed by atoms with Crippen molar-refractivity contribution in [3.8, 4) is 0 Å². The van der Waals surface area contributed by atoms with Crippen molar-refractivity contribution in [2.75, 3.05) is 12.3 Å². The van der Waals surface area contributed by atoms with E-state index in [2.05, 4.69) is 29.8 Å². The maximum absolute atomic E-state index is 12.5. The highest BCUT2D eigenvalue weighted by Gasteiger charge is 2.29. The van der Waals surface area contributed by atoms with E-state index in [1.807, 2.05) is 41.8 Å². The Morgan fingerprint density at radius 3 is 2.83 bits per heavy atom. The number of amides is 1. The molecule has 1 aromatic carbocycles. The maximum atomic E-state index is 12.5. The second-order valence-corrected chi connectivity index (χ2v) is 7.12. The van der Waals surface area contributed by atoms with Crippen LogP contribution in [0.2, 0.25) is 0 Å². The summed E-state index contributed by atoms with van der Waals surface area (Å²) in [6.07, 6.45) is 0.